The first kappa shape index (κ1) is 15.2. The van der Waals surface area contributed by atoms with Crippen molar-refractivity contribution in [3.8, 4) is 5.75 Å². The minimum Gasteiger partial charge on any atom is -0.482 e. The summed E-state index contributed by atoms with van der Waals surface area (Å²) in [5.41, 5.74) is 1.49. The third kappa shape index (κ3) is 3.26. The number of amides is 1. The van der Waals surface area contributed by atoms with Crippen molar-refractivity contribution >= 4 is 23.3 Å². The minimum absolute atomic E-state index is 0.0355. The van der Waals surface area contributed by atoms with Crippen LogP contribution in [0.4, 0.5) is 11.4 Å². The Morgan fingerprint density at radius 2 is 2.14 bits per heavy atom. The largest absolute Gasteiger partial charge is 0.482 e. The van der Waals surface area contributed by atoms with E-state index in [2.05, 4.69) is 5.32 Å². The number of fused-ring (bicyclic) bond motifs is 1. The van der Waals surface area contributed by atoms with E-state index in [-0.39, 0.29) is 18.6 Å². The number of carboxylic acids is 1. The van der Waals surface area contributed by atoms with Gasteiger partial charge in [-0.1, -0.05) is 6.92 Å². The molecule has 1 atom stereocenters. The van der Waals surface area contributed by atoms with E-state index in [4.69, 9.17) is 9.84 Å². The number of carbonyl (C=O) groups is 2. The Morgan fingerprint density at radius 3 is 2.76 bits per heavy atom. The fraction of sp³-hybridized carbons (Fsp3) is 0.467. The molecular formula is C15H20N2O4. The maximum absolute atomic E-state index is 12.0. The Bertz CT molecular complexity index is 557. The molecule has 0 saturated heterocycles. The van der Waals surface area contributed by atoms with Gasteiger partial charge in [-0.2, -0.15) is 0 Å². The van der Waals surface area contributed by atoms with E-state index in [0.29, 0.717) is 18.0 Å². The summed E-state index contributed by atoms with van der Waals surface area (Å²) in [4.78, 5) is 24.5. The van der Waals surface area contributed by atoms with Crippen LogP contribution in [0, 0.1) is 5.92 Å². The molecule has 1 unspecified atom stereocenters. The molecule has 2 rings (SSSR count). The number of nitrogens with one attached hydrogen (secondary N) is 1. The highest BCUT2D eigenvalue weighted by Crippen LogP contribution is 2.35. The predicted molar refractivity (Wildman–Crippen MR) is 79.8 cm³/mol. The van der Waals surface area contributed by atoms with Crippen molar-refractivity contribution in [1.29, 1.82) is 0 Å². The molecule has 1 heterocycles. The minimum atomic E-state index is -0.845. The Labute approximate surface area is 123 Å². The van der Waals surface area contributed by atoms with E-state index in [0.717, 1.165) is 5.69 Å². The smallest absolute Gasteiger partial charge is 0.308 e. The molecule has 1 amide bonds. The zero-order valence-corrected chi connectivity index (χ0v) is 12.4. The summed E-state index contributed by atoms with van der Waals surface area (Å²) >= 11 is 0. The number of hydrogen-bond donors (Lipinski definition) is 2. The van der Waals surface area contributed by atoms with Crippen LogP contribution >= 0.6 is 0 Å². The summed E-state index contributed by atoms with van der Waals surface area (Å²) in [6.45, 7) is 5.90. The Morgan fingerprint density at radius 1 is 1.43 bits per heavy atom. The standard InChI is InChI=1S/C15H20N2O4/c1-9(2)17-12-6-11(16-7-10(3)15(19)20)4-5-13(12)21-8-14(17)18/h4-6,9-10,16H,7-8H2,1-3H3,(H,19,20). The van der Waals surface area contributed by atoms with Gasteiger partial charge in [0.05, 0.1) is 11.6 Å². The summed E-state index contributed by atoms with van der Waals surface area (Å²) in [6.07, 6.45) is 0. The zero-order chi connectivity index (χ0) is 15.6. The first-order valence-electron chi connectivity index (χ1n) is 6.95. The molecule has 114 valence electrons. The van der Waals surface area contributed by atoms with Gasteiger partial charge in [-0.3, -0.25) is 9.59 Å². The van der Waals surface area contributed by atoms with Gasteiger partial charge in [0.15, 0.2) is 6.61 Å². The van der Waals surface area contributed by atoms with Crippen molar-refractivity contribution in [3.63, 3.8) is 0 Å². The Hall–Kier alpha value is -2.24. The van der Waals surface area contributed by atoms with Gasteiger partial charge >= 0.3 is 5.97 Å². The van der Waals surface area contributed by atoms with Gasteiger partial charge in [-0.05, 0) is 32.0 Å². The van der Waals surface area contributed by atoms with Crippen LogP contribution in [0.3, 0.4) is 0 Å². The maximum Gasteiger partial charge on any atom is 0.308 e. The molecule has 0 saturated carbocycles. The quantitative estimate of drug-likeness (QED) is 0.867. The molecule has 21 heavy (non-hydrogen) atoms. The Balaban J connectivity index is 2.21. The highest BCUT2D eigenvalue weighted by atomic mass is 16.5. The average molecular weight is 292 g/mol. The fourth-order valence-corrected chi connectivity index (χ4v) is 2.21. The maximum atomic E-state index is 12.0. The van der Waals surface area contributed by atoms with Gasteiger partial charge in [0.1, 0.15) is 5.75 Å². The average Bonchev–Trinajstić information content (AvgIpc) is 2.43. The molecule has 2 N–H and O–H groups in total. The molecule has 6 nitrogen and oxygen atoms in total. The molecule has 0 spiro atoms. The van der Waals surface area contributed by atoms with Crippen molar-refractivity contribution in [2.24, 2.45) is 5.92 Å². The molecule has 0 radical (unpaired) electrons. The number of hydrogen-bond acceptors (Lipinski definition) is 4. The van der Waals surface area contributed by atoms with Crippen molar-refractivity contribution in [2.75, 3.05) is 23.4 Å². The van der Waals surface area contributed by atoms with Gasteiger partial charge in [0.25, 0.3) is 5.91 Å². The number of anilines is 2. The van der Waals surface area contributed by atoms with E-state index in [1.807, 2.05) is 26.0 Å². The van der Waals surface area contributed by atoms with Crippen LogP contribution in [0.25, 0.3) is 0 Å². The Kier molecular flexibility index (Phi) is 4.35. The lowest BCUT2D eigenvalue weighted by Gasteiger charge is -2.32. The van der Waals surface area contributed by atoms with E-state index in [1.54, 1.807) is 17.9 Å². The van der Waals surface area contributed by atoms with Crippen molar-refractivity contribution in [3.05, 3.63) is 18.2 Å². The summed E-state index contributed by atoms with van der Waals surface area (Å²) in [6, 6.07) is 5.47. The van der Waals surface area contributed by atoms with E-state index >= 15 is 0 Å². The molecule has 1 aromatic carbocycles. The fourth-order valence-electron chi connectivity index (χ4n) is 2.21. The summed E-state index contributed by atoms with van der Waals surface area (Å²) < 4.78 is 5.42. The molecule has 0 aromatic heterocycles. The van der Waals surface area contributed by atoms with E-state index in [1.165, 1.54) is 0 Å². The third-order valence-corrected chi connectivity index (χ3v) is 3.39. The van der Waals surface area contributed by atoms with Crippen LogP contribution in [0.5, 0.6) is 5.75 Å². The number of carbonyl (C=O) groups excluding carboxylic acids is 1. The topological polar surface area (TPSA) is 78.9 Å². The van der Waals surface area contributed by atoms with Crippen molar-refractivity contribution in [1.82, 2.24) is 0 Å². The second kappa shape index (κ2) is 6.03. The number of nitrogens with zero attached hydrogens (tertiary/aromatic N) is 1. The molecule has 0 bridgehead atoms. The van der Waals surface area contributed by atoms with Crippen LogP contribution < -0.4 is 15.0 Å². The monoisotopic (exact) mass is 292 g/mol. The van der Waals surface area contributed by atoms with Gasteiger partial charge in [-0.25, -0.2) is 0 Å². The molecular weight excluding hydrogens is 272 g/mol. The third-order valence-electron chi connectivity index (χ3n) is 3.39. The number of rotatable bonds is 5. The van der Waals surface area contributed by atoms with Gasteiger partial charge in [0, 0.05) is 18.3 Å². The van der Waals surface area contributed by atoms with Crippen molar-refractivity contribution in [2.45, 2.75) is 26.8 Å². The lowest BCUT2D eigenvalue weighted by atomic mass is 10.1. The summed E-state index contributed by atoms with van der Waals surface area (Å²) in [5, 5.41) is 12.0. The molecule has 1 aliphatic heterocycles. The highest BCUT2D eigenvalue weighted by molar-refractivity contribution is 5.98. The first-order valence-corrected chi connectivity index (χ1v) is 6.95. The molecule has 1 aliphatic rings. The number of aliphatic carboxylic acids is 1. The van der Waals surface area contributed by atoms with Crippen LogP contribution in [-0.2, 0) is 9.59 Å². The lowest BCUT2D eigenvalue weighted by molar-refractivity contribution is -0.140. The highest BCUT2D eigenvalue weighted by Gasteiger charge is 2.27. The second-order valence-corrected chi connectivity index (χ2v) is 5.45. The van der Waals surface area contributed by atoms with E-state index < -0.39 is 11.9 Å². The normalized spacial score (nSPS) is 15.4. The van der Waals surface area contributed by atoms with Crippen LogP contribution in [-0.4, -0.2) is 36.2 Å². The molecule has 0 fully saturated rings. The molecule has 6 heteroatoms. The number of ether oxygens (including phenoxy) is 1. The SMILES string of the molecule is CC(CNc1ccc2c(c1)N(C(C)C)C(=O)CO2)C(=O)O. The summed E-state index contributed by atoms with van der Waals surface area (Å²) in [5.74, 6) is -0.739. The van der Waals surface area contributed by atoms with Crippen LogP contribution in [0.15, 0.2) is 18.2 Å². The lowest BCUT2D eigenvalue weighted by Crippen LogP contribution is -2.43. The summed E-state index contributed by atoms with van der Waals surface area (Å²) in [7, 11) is 0. The number of carboxylic acid groups (broad SMARTS) is 1. The van der Waals surface area contributed by atoms with Crippen LogP contribution in [0.2, 0.25) is 0 Å². The molecule has 0 aliphatic carbocycles. The van der Waals surface area contributed by atoms with E-state index in [9.17, 15) is 9.59 Å². The van der Waals surface area contributed by atoms with Gasteiger partial charge in [-0.15, -0.1) is 0 Å². The zero-order valence-electron chi connectivity index (χ0n) is 12.4. The molecule has 1 aromatic rings. The van der Waals surface area contributed by atoms with Crippen LogP contribution in [0.1, 0.15) is 20.8 Å². The number of benzene rings is 1. The first-order chi connectivity index (χ1) is 9.90. The van der Waals surface area contributed by atoms with Crippen molar-refractivity contribution < 1.29 is 19.4 Å². The van der Waals surface area contributed by atoms with Gasteiger partial charge < -0.3 is 20.1 Å². The second-order valence-electron chi connectivity index (χ2n) is 5.45. The van der Waals surface area contributed by atoms with Gasteiger partial charge in [0.2, 0.25) is 0 Å². The predicted octanol–water partition coefficient (Wildman–Crippen LogP) is 1.95.